The zero-order chi connectivity index (χ0) is 21.0. The van der Waals surface area contributed by atoms with Crippen LogP contribution in [0, 0.1) is 0 Å². The van der Waals surface area contributed by atoms with E-state index in [9.17, 15) is 13.2 Å². The average Bonchev–Trinajstić information content (AvgIpc) is 3.11. The molecule has 0 aliphatic carbocycles. The van der Waals surface area contributed by atoms with Gasteiger partial charge in [0.15, 0.2) is 0 Å². The standard InChI is InChI=1S/C21H26ClN3O3S/c1-3-25(4-2)29(27,28)17-9-10-20-16(15-17)11-13-24(20)14-12-21(26)23-19-8-6-5-7-18(19)22/h5-10,15H,3-4,11-14H2,1-2H3,(H,23,26). The number of amides is 1. The van der Waals surface area contributed by atoms with E-state index in [2.05, 4.69) is 10.2 Å². The monoisotopic (exact) mass is 435 g/mol. The minimum atomic E-state index is -3.47. The Bertz CT molecular complexity index is 990. The van der Waals surface area contributed by atoms with Gasteiger partial charge in [-0.2, -0.15) is 4.31 Å². The van der Waals surface area contributed by atoms with E-state index in [1.54, 1.807) is 24.3 Å². The van der Waals surface area contributed by atoms with Crippen LogP contribution in [0.2, 0.25) is 5.02 Å². The Hall–Kier alpha value is -2.09. The van der Waals surface area contributed by atoms with Crippen molar-refractivity contribution in [1.29, 1.82) is 0 Å². The summed E-state index contributed by atoms with van der Waals surface area (Å²) in [5, 5.41) is 3.34. The fourth-order valence-corrected chi connectivity index (χ4v) is 5.26. The summed E-state index contributed by atoms with van der Waals surface area (Å²) in [4.78, 5) is 14.7. The van der Waals surface area contributed by atoms with Gasteiger partial charge in [0.1, 0.15) is 0 Å². The third-order valence-corrected chi connectivity index (χ3v) is 7.52. The van der Waals surface area contributed by atoms with Crippen molar-refractivity contribution < 1.29 is 13.2 Å². The first kappa shape index (κ1) is 21.6. The van der Waals surface area contributed by atoms with E-state index in [0.717, 1.165) is 24.2 Å². The first-order valence-electron chi connectivity index (χ1n) is 9.79. The van der Waals surface area contributed by atoms with Crippen LogP contribution in [0.1, 0.15) is 25.8 Å². The van der Waals surface area contributed by atoms with Crippen molar-refractivity contribution in [3.63, 3.8) is 0 Å². The molecule has 0 saturated carbocycles. The van der Waals surface area contributed by atoms with Crippen LogP contribution in [-0.4, -0.2) is 44.8 Å². The van der Waals surface area contributed by atoms with Gasteiger partial charge < -0.3 is 10.2 Å². The van der Waals surface area contributed by atoms with Gasteiger partial charge in [-0.1, -0.05) is 37.6 Å². The van der Waals surface area contributed by atoms with Crippen molar-refractivity contribution in [1.82, 2.24) is 4.31 Å². The molecule has 2 aromatic rings. The number of nitrogens with zero attached hydrogens (tertiary/aromatic N) is 2. The number of sulfonamides is 1. The van der Waals surface area contributed by atoms with Crippen LogP contribution in [0.4, 0.5) is 11.4 Å². The van der Waals surface area contributed by atoms with E-state index >= 15 is 0 Å². The highest BCUT2D eigenvalue weighted by Gasteiger charge is 2.26. The van der Waals surface area contributed by atoms with Gasteiger partial charge in [0.05, 0.1) is 15.6 Å². The number of nitrogens with one attached hydrogen (secondary N) is 1. The molecule has 8 heteroatoms. The zero-order valence-corrected chi connectivity index (χ0v) is 18.3. The molecule has 156 valence electrons. The van der Waals surface area contributed by atoms with Gasteiger partial charge >= 0.3 is 0 Å². The number of carbonyl (C=O) groups excluding carboxylic acids is 1. The summed E-state index contributed by atoms with van der Waals surface area (Å²) in [6.07, 6.45) is 1.09. The molecule has 0 aromatic heterocycles. The van der Waals surface area contributed by atoms with Gasteiger partial charge in [-0.15, -0.1) is 0 Å². The Morgan fingerprint density at radius 1 is 1.17 bits per heavy atom. The molecule has 3 rings (SSSR count). The van der Waals surface area contributed by atoms with Gasteiger partial charge in [0.2, 0.25) is 15.9 Å². The molecule has 1 N–H and O–H groups in total. The highest BCUT2D eigenvalue weighted by Crippen LogP contribution is 2.31. The maximum Gasteiger partial charge on any atom is 0.243 e. The van der Waals surface area contributed by atoms with Crippen LogP contribution in [0.5, 0.6) is 0 Å². The van der Waals surface area contributed by atoms with Crippen molar-refractivity contribution in [3.05, 3.63) is 53.1 Å². The Labute approximate surface area is 177 Å². The maximum atomic E-state index is 12.7. The summed E-state index contributed by atoms with van der Waals surface area (Å²) in [5.41, 5.74) is 2.60. The first-order chi connectivity index (χ1) is 13.9. The van der Waals surface area contributed by atoms with Crippen LogP contribution in [0.25, 0.3) is 0 Å². The molecule has 2 aromatic carbocycles. The second-order valence-corrected chi connectivity index (χ2v) is 9.24. The van der Waals surface area contributed by atoms with E-state index in [4.69, 9.17) is 11.6 Å². The van der Waals surface area contributed by atoms with Gasteiger partial charge in [0.25, 0.3) is 0 Å². The van der Waals surface area contributed by atoms with E-state index in [-0.39, 0.29) is 5.91 Å². The van der Waals surface area contributed by atoms with Gasteiger partial charge in [-0.25, -0.2) is 8.42 Å². The lowest BCUT2D eigenvalue weighted by Crippen LogP contribution is -2.30. The highest BCUT2D eigenvalue weighted by atomic mass is 35.5. The lowest BCUT2D eigenvalue weighted by molar-refractivity contribution is -0.116. The number of fused-ring (bicyclic) bond motifs is 1. The maximum absolute atomic E-state index is 12.7. The van der Waals surface area contributed by atoms with Crippen molar-refractivity contribution in [2.24, 2.45) is 0 Å². The molecule has 1 aliphatic rings. The number of benzene rings is 2. The third kappa shape index (κ3) is 4.74. The second-order valence-electron chi connectivity index (χ2n) is 6.89. The normalized spacial score (nSPS) is 13.6. The highest BCUT2D eigenvalue weighted by molar-refractivity contribution is 7.89. The molecule has 0 atom stereocenters. The van der Waals surface area contributed by atoms with E-state index in [0.29, 0.717) is 41.7 Å². The van der Waals surface area contributed by atoms with Crippen LogP contribution >= 0.6 is 11.6 Å². The smallest absolute Gasteiger partial charge is 0.243 e. The fraction of sp³-hybridized carbons (Fsp3) is 0.381. The predicted molar refractivity (Wildman–Crippen MR) is 117 cm³/mol. The van der Waals surface area contributed by atoms with Gasteiger partial charge in [-0.05, 0) is 42.3 Å². The Morgan fingerprint density at radius 2 is 1.90 bits per heavy atom. The van der Waals surface area contributed by atoms with Crippen molar-refractivity contribution in [3.8, 4) is 0 Å². The molecular weight excluding hydrogens is 410 g/mol. The minimum absolute atomic E-state index is 0.104. The van der Waals surface area contributed by atoms with Crippen LogP contribution < -0.4 is 10.2 Å². The van der Waals surface area contributed by atoms with Crippen LogP contribution in [-0.2, 0) is 21.2 Å². The average molecular weight is 436 g/mol. The predicted octanol–water partition coefficient (Wildman–Crippen LogP) is 3.76. The summed E-state index contributed by atoms with van der Waals surface area (Å²) in [6, 6.07) is 12.4. The lowest BCUT2D eigenvalue weighted by Gasteiger charge is -2.21. The SMILES string of the molecule is CCN(CC)S(=O)(=O)c1ccc2c(c1)CCN2CCC(=O)Nc1ccccc1Cl. The first-order valence-corrected chi connectivity index (χ1v) is 11.6. The fourth-order valence-electron chi connectivity index (χ4n) is 3.56. The molecule has 0 unspecified atom stereocenters. The largest absolute Gasteiger partial charge is 0.370 e. The van der Waals surface area contributed by atoms with Gasteiger partial charge in [0, 0.05) is 38.3 Å². The number of anilines is 2. The van der Waals surface area contributed by atoms with Crippen LogP contribution in [0.3, 0.4) is 0 Å². The summed E-state index contributed by atoms with van der Waals surface area (Å²) >= 11 is 6.08. The van der Waals surface area contributed by atoms with Crippen molar-refractivity contribution >= 4 is 38.9 Å². The number of halogens is 1. The Balaban J connectivity index is 1.66. The number of hydrogen-bond donors (Lipinski definition) is 1. The van der Waals surface area contributed by atoms with E-state index in [1.165, 1.54) is 4.31 Å². The Morgan fingerprint density at radius 3 is 2.59 bits per heavy atom. The number of rotatable bonds is 8. The quantitative estimate of drug-likeness (QED) is 0.685. The summed E-state index contributed by atoms with van der Waals surface area (Å²) in [6.45, 7) is 5.90. The van der Waals surface area contributed by atoms with E-state index < -0.39 is 10.0 Å². The second kappa shape index (κ2) is 9.15. The molecule has 0 spiro atoms. The topological polar surface area (TPSA) is 69.7 Å². The summed E-state index contributed by atoms with van der Waals surface area (Å²) < 4.78 is 26.9. The molecule has 0 radical (unpaired) electrons. The molecule has 0 bridgehead atoms. The molecule has 6 nitrogen and oxygen atoms in total. The Kier molecular flexibility index (Phi) is 6.82. The summed E-state index contributed by atoms with van der Waals surface area (Å²) in [5.74, 6) is -0.104. The summed E-state index contributed by atoms with van der Waals surface area (Å²) in [7, 11) is -3.47. The third-order valence-electron chi connectivity index (χ3n) is 5.14. The molecule has 1 aliphatic heterocycles. The van der Waals surface area contributed by atoms with Crippen molar-refractivity contribution in [2.45, 2.75) is 31.6 Å². The molecule has 0 saturated heterocycles. The minimum Gasteiger partial charge on any atom is -0.370 e. The van der Waals surface area contributed by atoms with Crippen molar-refractivity contribution in [2.75, 3.05) is 36.4 Å². The number of hydrogen-bond acceptors (Lipinski definition) is 4. The molecule has 1 amide bonds. The molecule has 29 heavy (non-hydrogen) atoms. The van der Waals surface area contributed by atoms with Gasteiger partial charge in [-0.3, -0.25) is 4.79 Å². The number of para-hydroxylation sites is 1. The zero-order valence-electron chi connectivity index (χ0n) is 16.7. The molecule has 0 fully saturated rings. The molecular formula is C21H26ClN3O3S. The molecule has 1 heterocycles. The van der Waals surface area contributed by atoms with Crippen LogP contribution in [0.15, 0.2) is 47.4 Å². The lowest BCUT2D eigenvalue weighted by atomic mass is 10.2. The number of carbonyl (C=O) groups is 1. The van der Waals surface area contributed by atoms with E-state index in [1.807, 2.05) is 32.0 Å².